The van der Waals surface area contributed by atoms with E-state index in [0.717, 1.165) is 0 Å². The highest BCUT2D eigenvalue weighted by Gasteiger charge is 2.21. The van der Waals surface area contributed by atoms with E-state index in [4.69, 9.17) is 9.15 Å². The van der Waals surface area contributed by atoms with Gasteiger partial charge in [0.2, 0.25) is 0 Å². The third-order valence-electron chi connectivity index (χ3n) is 5.41. The molecule has 0 aliphatic rings. The van der Waals surface area contributed by atoms with Crippen molar-refractivity contribution >= 4 is 46.2 Å². The largest absolute Gasteiger partial charge is 0.469 e. The number of hydrogen-bond donors (Lipinski definition) is 3. The first kappa shape index (κ1) is 29.7. The number of amides is 3. The number of hydrogen-bond acceptors (Lipinski definition) is 9. The summed E-state index contributed by atoms with van der Waals surface area (Å²) >= 11 is 0. The summed E-state index contributed by atoms with van der Waals surface area (Å²) in [7, 11) is 1.25. The van der Waals surface area contributed by atoms with Crippen LogP contribution in [0.2, 0.25) is 0 Å². The van der Waals surface area contributed by atoms with E-state index in [1.165, 1.54) is 30.0 Å². The molecule has 3 rings (SSSR count). The third-order valence-corrected chi connectivity index (χ3v) is 5.41. The number of nitrogens with zero attached hydrogens (tertiary/aromatic N) is 2. The molecule has 2 heterocycles. The van der Waals surface area contributed by atoms with Crippen molar-refractivity contribution in [3.63, 3.8) is 0 Å². The lowest BCUT2D eigenvalue weighted by Gasteiger charge is -2.19. The van der Waals surface area contributed by atoms with E-state index in [1.807, 2.05) is 0 Å². The number of aromatic nitrogens is 1. The number of nitro groups is 1. The number of rotatable bonds is 11. The molecule has 0 bridgehead atoms. The lowest BCUT2D eigenvalue weighted by atomic mass is 10.2. The van der Waals surface area contributed by atoms with E-state index in [9.17, 15) is 29.3 Å². The quantitative estimate of drug-likeness (QED) is 0.137. The predicted molar refractivity (Wildman–Crippen MR) is 143 cm³/mol. The Labute approximate surface area is 229 Å². The molecule has 2 aromatic heterocycles. The van der Waals surface area contributed by atoms with Gasteiger partial charge in [0.15, 0.2) is 5.76 Å². The fourth-order valence-corrected chi connectivity index (χ4v) is 3.62. The summed E-state index contributed by atoms with van der Waals surface area (Å²) in [6.07, 6.45) is 1.07. The Hall–Kier alpha value is -4.88. The van der Waals surface area contributed by atoms with Gasteiger partial charge in [0.05, 0.1) is 24.7 Å². The molecule has 14 heteroatoms. The predicted octanol–water partition coefficient (Wildman–Crippen LogP) is 3.60. The molecule has 40 heavy (non-hydrogen) atoms. The van der Waals surface area contributed by atoms with Crippen LogP contribution in [0.25, 0.3) is 11.0 Å². The van der Waals surface area contributed by atoms with E-state index in [0.29, 0.717) is 23.1 Å². The summed E-state index contributed by atoms with van der Waals surface area (Å²) in [5, 5.41) is 19.7. The van der Waals surface area contributed by atoms with Crippen molar-refractivity contribution in [3.8, 4) is 0 Å². The summed E-state index contributed by atoms with van der Waals surface area (Å²) in [5.74, 6) is -1.54. The maximum Gasteiger partial charge on any atom is 0.407 e. The topological polar surface area (TPSA) is 184 Å². The standard InChI is InChI=1S/C26H31N5O9/c1-26(2,3)40-25(35)28-9-5-11-30-15-18(31(36)37)14-19(30)23(33)29-17-6-7-20-16(12-17)13-21(39-20)24(34)27-10-8-22(32)38-4/h6-7,12-15H,5,8-11H2,1-4H3,(H,27,34)(H,28,35)(H,29,33). The Morgan fingerprint density at radius 1 is 1.05 bits per heavy atom. The number of carbonyl (C=O) groups is 4. The minimum atomic E-state index is -0.643. The minimum Gasteiger partial charge on any atom is -0.469 e. The molecular weight excluding hydrogens is 526 g/mol. The number of carbonyl (C=O) groups excluding carboxylic acids is 4. The van der Waals surface area contributed by atoms with Crippen LogP contribution >= 0.6 is 0 Å². The van der Waals surface area contributed by atoms with Crippen LogP contribution < -0.4 is 16.0 Å². The number of anilines is 1. The number of methoxy groups -OCH3 is 1. The van der Waals surface area contributed by atoms with Gasteiger partial charge in [0.1, 0.15) is 16.9 Å². The first-order chi connectivity index (χ1) is 18.9. The average molecular weight is 558 g/mol. The number of nitrogens with one attached hydrogen (secondary N) is 3. The molecular formula is C26H31N5O9. The third kappa shape index (κ3) is 8.31. The van der Waals surface area contributed by atoms with E-state index in [1.54, 1.807) is 39.0 Å². The summed E-state index contributed by atoms with van der Waals surface area (Å²) < 4.78 is 16.7. The molecule has 0 atom stereocenters. The van der Waals surface area contributed by atoms with Crippen LogP contribution in [0, 0.1) is 10.1 Å². The van der Waals surface area contributed by atoms with Crippen molar-refractivity contribution in [2.75, 3.05) is 25.5 Å². The summed E-state index contributed by atoms with van der Waals surface area (Å²) in [6, 6.07) is 7.39. The second-order valence-electron chi connectivity index (χ2n) is 9.72. The molecule has 0 radical (unpaired) electrons. The number of ether oxygens (including phenoxy) is 2. The number of aryl methyl sites for hydroxylation is 1. The Bertz CT molecular complexity index is 1420. The molecule has 0 fully saturated rings. The lowest BCUT2D eigenvalue weighted by molar-refractivity contribution is -0.384. The van der Waals surface area contributed by atoms with Crippen molar-refractivity contribution in [1.82, 2.24) is 15.2 Å². The molecule has 214 valence electrons. The Morgan fingerprint density at radius 2 is 1.80 bits per heavy atom. The molecule has 14 nitrogen and oxygen atoms in total. The van der Waals surface area contributed by atoms with Gasteiger partial charge in [-0.2, -0.15) is 0 Å². The molecule has 0 unspecified atom stereocenters. The van der Waals surface area contributed by atoms with E-state index in [-0.39, 0.29) is 43.2 Å². The molecule has 1 aromatic carbocycles. The monoisotopic (exact) mass is 557 g/mol. The second kappa shape index (κ2) is 12.8. The minimum absolute atomic E-state index is 0.0127. The van der Waals surface area contributed by atoms with Gasteiger partial charge < -0.3 is 34.4 Å². The van der Waals surface area contributed by atoms with Gasteiger partial charge in [-0.1, -0.05) is 0 Å². The van der Waals surface area contributed by atoms with E-state index in [2.05, 4.69) is 20.7 Å². The highest BCUT2D eigenvalue weighted by Crippen LogP contribution is 2.24. The van der Waals surface area contributed by atoms with Crippen molar-refractivity contribution in [2.45, 2.75) is 45.8 Å². The van der Waals surface area contributed by atoms with Crippen LogP contribution in [-0.2, 0) is 20.8 Å². The zero-order valence-electron chi connectivity index (χ0n) is 22.6. The van der Waals surface area contributed by atoms with Gasteiger partial charge in [-0.05, 0) is 51.5 Å². The maximum absolute atomic E-state index is 13.0. The molecule has 0 aliphatic heterocycles. The van der Waals surface area contributed by atoms with Gasteiger partial charge in [-0.25, -0.2) is 4.79 Å². The van der Waals surface area contributed by atoms with Crippen LogP contribution in [0.15, 0.2) is 40.9 Å². The highest BCUT2D eigenvalue weighted by molar-refractivity contribution is 6.05. The maximum atomic E-state index is 13.0. The Morgan fingerprint density at radius 3 is 2.48 bits per heavy atom. The molecule has 0 saturated carbocycles. The lowest BCUT2D eigenvalue weighted by Crippen LogP contribution is -2.33. The first-order valence-electron chi connectivity index (χ1n) is 12.4. The fourth-order valence-electron chi connectivity index (χ4n) is 3.62. The molecule has 0 aliphatic carbocycles. The number of esters is 1. The van der Waals surface area contributed by atoms with E-state index < -0.39 is 34.4 Å². The zero-order chi connectivity index (χ0) is 29.4. The first-order valence-corrected chi connectivity index (χ1v) is 12.4. The smallest absolute Gasteiger partial charge is 0.407 e. The van der Waals surface area contributed by atoms with Crippen molar-refractivity contribution < 1.29 is 38.0 Å². The fraction of sp³-hybridized carbons (Fsp3) is 0.385. The van der Waals surface area contributed by atoms with Gasteiger partial charge in [0, 0.05) is 36.8 Å². The number of fused-ring (bicyclic) bond motifs is 1. The Kier molecular flexibility index (Phi) is 9.48. The number of benzene rings is 1. The normalized spacial score (nSPS) is 11.1. The molecule has 3 amide bonds. The summed E-state index contributed by atoms with van der Waals surface area (Å²) in [6.45, 7) is 5.76. The van der Waals surface area contributed by atoms with E-state index >= 15 is 0 Å². The van der Waals surface area contributed by atoms with Crippen LogP contribution in [-0.4, -0.2) is 59.2 Å². The summed E-state index contributed by atoms with van der Waals surface area (Å²) in [4.78, 5) is 59.1. The van der Waals surface area contributed by atoms with Crippen LogP contribution in [0.4, 0.5) is 16.2 Å². The zero-order valence-corrected chi connectivity index (χ0v) is 22.6. The summed E-state index contributed by atoms with van der Waals surface area (Å²) in [5.41, 5.74) is -0.0684. The molecule has 0 spiro atoms. The van der Waals surface area contributed by atoms with Gasteiger partial charge in [0.25, 0.3) is 17.5 Å². The van der Waals surface area contributed by atoms with Gasteiger partial charge in [-0.15, -0.1) is 0 Å². The van der Waals surface area contributed by atoms with Crippen LogP contribution in [0.3, 0.4) is 0 Å². The van der Waals surface area contributed by atoms with Crippen molar-refractivity contribution in [2.24, 2.45) is 0 Å². The van der Waals surface area contributed by atoms with Gasteiger partial charge in [-0.3, -0.25) is 24.5 Å². The second-order valence-corrected chi connectivity index (χ2v) is 9.72. The molecule has 3 N–H and O–H groups in total. The Balaban J connectivity index is 1.66. The van der Waals surface area contributed by atoms with Gasteiger partial charge >= 0.3 is 12.1 Å². The average Bonchev–Trinajstić information content (AvgIpc) is 3.50. The highest BCUT2D eigenvalue weighted by atomic mass is 16.6. The number of alkyl carbamates (subject to hydrolysis) is 1. The SMILES string of the molecule is COC(=O)CCNC(=O)c1cc2cc(NC(=O)c3cc([N+](=O)[O-])cn3CCCNC(=O)OC(C)(C)C)ccc2o1. The van der Waals surface area contributed by atoms with Crippen molar-refractivity contribution in [1.29, 1.82) is 0 Å². The number of furan rings is 1. The van der Waals surface area contributed by atoms with Crippen LogP contribution in [0.1, 0.15) is 54.7 Å². The molecule has 0 saturated heterocycles. The van der Waals surface area contributed by atoms with Crippen molar-refractivity contribution in [3.05, 3.63) is 58.1 Å². The molecule has 3 aromatic rings. The van der Waals surface area contributed by atoms with Crippen LogP contribution in [0.5, 0.6) is 0 Å².